The number of hydrogen-bond donors (Lipinski definition) is 11. The van der Waals surface area contributed by atoms with Crippen LogP contribution in [-0.2, 0) is 93.2 Å². The van der Waals surface area contributed by atoms with Crippen LogP contribution in [0, 0.1) is 11.8 Å². The summed E-state index contributed by atoms with van der Waals surface area (Å²) in [5.74, 6) is 5.56. The molecule has 123 heavy (non-hydrogen) atoms. The molecule has 4 aromatic carbocycles. The van der Waals surface area contributed by atoms with Crippen molar-refractivity contribution in [1.29, 1.82) is 0 Å². The zero-order chi connectivity index (χ0) is 88.5. The van der Waals surface area contributed by atoms with E-state index >= 15 is 0 Å². The first-order valence-corrected chi connectivity index (χ1v) is 48.5. The SMILES string of the molecule is CN(CCCC(=O)NCCSSCCC(=O)NCCNC(=O)c1cccc(OCC(N=[N+]=[N-])OCCOCC(=O)NCC#Cc2cn([C@H]3CC(OCN=[N+]=[N-])[C@@H](COP(=O)(O)OP(=O)(O)OP(=O)(O)O)O3)c3ncnc(N)c23)c1)C(=O)c1ccccc1-c1c2c(cc3c1CCCN3CCCS(=O)(=O)O)Oc1cc3c(cc1=C2)CCC[N+]=3CCCS(=O)(=O)O. The molecule has 0 radical (unpaired) electrons. The lowest BCUT2D eigenvalue weighted by atomic mass is 9.84. The number of hydrogen-bond acceptors (Lipinski definition) is 29. The Morgan fingerprint density at radius 3 is 2.39 bits per heavy atom. The van der Waals surface area contributed by atoms with Crippen LogP contribution in [0.15, 0.2) is 89.5 Å². The maximum absolute atomic E-state index is 14.6. The summed E-state index contributed by atoms with van der Waals surface area (Å²) >= 11 is 0. The van der Waals surface area contributed by atoms with E-state index in [0.29, 0.717) is 79.7 Å². The fraction of sp³-hybridized carbons (Fsp3) is 0.472. The molecular formula is C72H91N17O27P3S4+. The fourth-order valence-electron chi connectivity index (χ4n) is 13.7. The Bertz CT molecular complexity index is 5580. The first-order chi connectivity index (χ1) is 58.6. The van der Waals surface area contributed by atoms with Gasteiger partial charge in [0.15, 0.2) is 6.23 Å². The van der Waals surface area contributed by atoms with Crippen LogP contribution >= 0.6 is 45.1 Å². The van der Waals surface area contributed by atoms with Crippen molar-refractivity contribution in [1.82, 2.24) is 45.3 Å². The molecule has 6 aromatic rings. The highest BCUT2D eigenvalue weighted by molar-refractivity contribution is 8.76. The van der Waals surface area contributed by atoms with Crippen LogP contribution in [0.4, 0.5) is 11.5 Å². The van der Waals surface area contributed by atoms with Crippen LogP contribution in [0.1, 0.15) is 101 Å². The average molecular weight is 1850 g/mol. The summed E-state index contributed by atoms with van der Waals surface area (Å²) in [6.07, 6.45) is 4.25. The summed E-state index contributed by atoms with van der Waals surface area (Å²) in [6, 6.07) is 19.5. The second kappa shape index (κ2) is 45.0. The van der Waals surface area contributed by atoms with Gasteiger partial charge in [0.1, 0.15) is 80.4 Å². The van der Waals surface area contributed by atoms with Gasteiger partial charge >= 0.3 is 23.5 Å². The highest BCUT2D eigenvalue weighted by Crippen LogP contribution is 2.66. The Morgan fingerprint density at radius 2 is 1.61 bits per heavy atom. The Labute approximate surface area is 712 Å². The highest BCUT2D eigenvalue weighted by Gasteiger charge is 2.44. The molecule has 10 rings (SSSR count). The van der Waals surface area contributed by atoms with E-state index in [-0.39, 0.29) is 135 Å². The first kappa shape index (κ1) is 95.9. The largest absolute Gasteiger partial charge is 0.491 e. The third-order valence-corrected chi connectivity index (χ3v) is 26.8. The lowest BCUT2D eigenvalue weighted by Gasteiger charge is -2.35. The van der Waals surface area contributed by atoms with E-state index in [1.807, 2.05) is 24.3 Å². The van der Waals surface area contributed by atoms with Gasteiger partial charge in [0.05, 0.1) is 61.0 Å². The second-order valence-electron chi connectivity index (χ2n) is 27.8. The van der Waals surface area contributed by atoms with E-state index in [1.165, 1.54) is 38.4 Å². The Morgan fingerprint density at radius 1 is 0.846 bits per heavy atom. The molecule has 0 saturated carbocycles. The van der Waals surface area contributed by atoms with Crippen molar-refractivity contribution in [2.75, 3.05) is 139 Å². The summed E-state index contributed by atoms with van der Waals surface area (Å²) in [7, 11) is -20.8. The van der Waals surface area contributed by atoms with Crippen LogP contribution in [0.2, 0.25) is 0 Å². The molecule has 6 heterocycles. The lowest BCUT2D eigenvalue weighted by molar-refractivity contribution is -0.126. The Kier molecular flexibility index (Phi) is 35.1. The quantitative estimate of drug-likeness (QED) is 0.00270. The number of nitrogens with one attached hydrogen (secondary N) is 4. The number of phosphoric ester groups is 1. The standard InChI is InChI=1S/C72H90N17O27P3S4/c1-86(72(94)53-16-3-2-15-52(53)68-54-17-7-26-88(28-10-34-123(105,106)107)57(54)39-59-55(68)37-50-35-47-13-6-25-87(27-9-33-122(102,103)104)56(47)38-58(50)113-59)24-8-18-62(90)78-23-32-121-120-31-19-63(91)77-21-22-79-71(93)48-11-4-14-51(36-48)110-44-65(83-85-75)109-30-29-108-43-64(92)76-20-5-12-49-41-89(70-67(49)69(73)80-45-81-70)66-40-60(111-46-82-84-74)61(114-66)42-112-118(98,99)116-119(100,101)115-117(95,96)97/h2-4,11,14-16,35-39,41,45,60-61,65-66H,6-10,13,17-34,40,42-44,46H2,1H3,(H11-,73,76,77,78,79,80,81,90,91,92,93,95,96,97,98,99,100,101,102,103,104,105,106,107)/p+1/t60?,61-,65?,66-/m1/s1. The number of benzene rings is 4. The van der Waals surface area contributed by atoms with Crippen LogP contribution in [0.3, 0.4) is 0 Å². The molecule has 2 aromatic heterocycles. The topological polar surface area (TPSA) is 621 Å². The zero-order valence-corrected chi connectivity index (χ0v) is 72.0. The van der Waals surface area contributed by atoms with Crippen LogP contribution in [0.25, 0.3) is 49.1 Å². The molecule has 4 aliphatic heterocycles. The number of carbonyl (C=O) groups excluding carboxylic acids is 5. The normalized spacial score (nSPS) is 16.6. The number of carbonyl (C=O) groups is 5. The summed E-state index contributed by atoms with van der Waals surface area (Å²) in [4.78, 5) is 121. The number of phosphoric acid groups is 3. The minimum atomic E-state index is -5.84. The number of aryl methyl sites for hydroxylation is 1. The first-order valence-electron chi connectivity index (χ1n) is 38.2. The van der Waals surface area contributed by atoms with Gasteiger partial charge in [-0.1, -0.05) is 67.9 Å². The van der Waals surface area contributed by atoms with E-state index < -0.39 is 106 Å². The monoisotopic (exact) mass is 1850 g/mol. The maximum atomic E-state index is 14.6. The molecule has 664 valence electrons. The van der Waals surface area contributed by atoms with Crippen molar-refractivity contribution in [3.63, 3.8) is 0 Å². The molecule has 1 saturated heterocycles. The van der Waals surface area contributed by atoms with Crippen LogP contribution in [-0.4, -0.2) is 242 Å². The van der Waals surface area contributed by atoms with Gasteiger partial charge in [0.2, 0.25) is 23.1 Å². The summed E-state index contributed by atoms with van der Waals surface area (Å²) in [5.41, 5.74) is 30.4. The molecule has 5 amide bonds. The molecule has 12 N–H and O–H groups in total. The number of rotatable bonds is 47. The summed E-state index contributed by atoms with van der Waals surface area (Å²) in [6.45, 7) is 0.346. The molecule has 6 atom stereocenters. The minimum absolute atomic E-state index is 0.00571. The molecule has 44 nitrogen and oxygen atoms in total. The number of amides is 5. The number of azide groups is 2. The predicted molar refractivity (Wildman–Crippen MR) is 448 cm³/mol. The number of nitrogen functional groups attached to an aromatic ring is 1. The predicted octanol–water partition coefficient (Wildman–Crippen LogP) is 5.15. The summed E-state index contributed by atoms with van der Waals surface area (Å²) < 4.78 is 152. The van der Waals surface area contributed by atoms with Gasteiger partial charge in [-0.3, -0.25) is 37.6 Å². The van der Waals surface area contributed by atoms with E-state index in [9.17, 15) is 78.9 Å². The third-order valence-electron chi connectivity index (χ3n) is 19.0. The van der Waals surface area contributed by atoms with Crippen molar-refractivity contribution in [2.24, 2.45) is 10.2 Å². The van der Waals surface area contributed by atoms with Crippen molar-refractivity contribution in [2.45, 2.75) is 88.9 Å². The van der Waals surface area contributed by atoms with Gasteiger partial charge in [-0.25, -0.2) is 28.2 Å². The van der Waals surface area contributed by atoms with Gasteiger partial charge < -0.3 is 89.4 Å². The Hall–Kier alpha value is -9.33. The maximum Gasteiger partial charge on any atom is 0.490 e. The fourth-order valence-corrected chi connectivity index (χ4v) is 19.6. The van der Waals surface area contributed by atoms with Crippen LogP contribution < -0.4 is 56.5 Å². The van der Waals surface area contributed by atoms with Crippen molar-refractivity contribution in [3.8, 4) is 40.2 Å². The van der Waals surface area contributed by atoms with E-state index in [2.05, 4.69) is 93.4 Å². The van der Waals surface area contributed by atoms with Crippen molar-refractivity contribution < 1.29 is 125 Å². The third kappa shape index (κ3) is 29.4. The number of nitrogens with two attached hydrogens (primary N) is 1. The van der Waals surface area contributed by atoms with Gasteiger partial charge in [-0.15, -0.1) is 0 Å². The summed E-state index contributed by atoms with van der Waals surface area (Å²) in [5, 5.41) is 19.9. The number of nitrogens with zero attached hydrogens (tertiary/aromatic N) is 12. The molecule has 0 spiro atoms. The smallest absolute Gasteiger partial charge is 0.490 e. The number of aromatic nitrogens is 3. The molecule has 4 aliphatic rings. The van der Waals surface area contributed by atoms with E-state index in [1.54, 1.807) is 42.3 Å². The van der Waals surface area contributed by atoms with E-state index in [0.717, 1.165) is 64.1 Å². The van der Waals surface area contributed by atoms with Gasteiger partial charge in [-0.05, 0) is 96.3 Å². The van der Waals surface area contributed by atoms with Gasteiger partial charge in [-0.2, -0.15) is 25.5 Å². The molecule has 4 unspecified atom stereocenters. The Balaban J connectivity index is 0.596. The lowest BCUT2D eigenvalue weighted by Crippen LogP contribution is -2.39. The highest BCUT2D eigenvalue weighted by atomic mass is 33.1. The molecule has 51 heteroatoms. The van der Waals surface area contributed by atoms with Crippen LogP contribution in [0.5, 0.6) is 17.2 Å². The molecule has 1 fully saturated rings. The minimum Gasteiger partial charge on any atom is -0.491 e. The zero-order valence-electron chi connectivity index (χ0n) is 66.1. The molecule has 0 bridgehead atoms. The molecular weight excluding hydrogens is 1760 g/mol. The number of anilines is 2. The second-order valence-corrected chi connectivity index (χ2v) is 38.1. The molecule has 0 aliphatic carbocycles. The number of fused-ring (bicyclic) bond motifs is 5. The van der Waals surface area contributed by atoms with Gasteiger partial charge in [0, 0.05) is 145 Å². The van der Waals surface area contributed by atoms with Gasteiger partial charge in [0.25, 0.3) is 32.1 Å². The van der Waals surface area contributed by atoms with E-state index in [4.69, 9.17) is 54.0 Å². The average Bonchev–Trinajstić information content (AvgIpc) is 1.03. The van der Waals surface area contributed by atoms with Crippen molar-refractivity contribution >= 4 is 123 Å². The van der Waals surface area contributed by atoms with Crippen molar-refractivity contribution in [3.05, 3.63) is 144 Å². The number of ether oxygens (including phenoxy) is 6.